The van der Waals surface area contributed by atoms with Crippen molar-refractivity contribution in [2.75, 3.05) is 13.1 Å². The molecule has 2 rings (SSSR count). The topological polar surface area (TPSA) is 60.8 Å². The predicted octanol–water partition coefficient (Wildman–Crippen LogP) is 3.67. The molecule has 1 unspecified atom stereocenters. The van der Waals surface area contributed by atoms with Crippen LogP contribution in [0.15, 0.2) is 42.5 Å². The van der Waals surface area contributed by atoms with E-state index in [0.717, 1.165) is 5.56 Å². The average Bonchev–Trinajstić information content (AvgIpc) is 2.53. The standard InChI is InChI=1S/C20H24FNO3/c1-13(2)11-22(12-19(24)15-5-7-16(21)8-6-15)20(25)17-9-4-14(3)10-18(17)23/h4-10,13,19,23-24H,11-12H2,1-3H3. The summed E-state index contributed by atoms with van der Waals surface area (Å²) in [5, 5.41) is 20.5. The first kappa shape index (κ1) is 18.9. The van der Waals surface area contributed by atoms with Gasteiger partial charge >= 0.3 is 0 Å². The highest BCUT2D eigenvalue weighted by molar-refractivity contribution is 5.97. The number of rotatable bonds is 6. The van der Waals surface area contributed by atoms with Crippen molar-refractivity contribution >= 4 is 5.91 Å². The molecule has 0 spiro atoms. The molecule has 0 aromatic heterocycles. The second-order valence-corrected chi connectivity index (χ2v) is 6.69. The molecule has 1 amide bonds. The van der Waals surface area contributed by atoms with Gasteiger partial charge in [0.15, 0.2) is 0 Å². The fourth-order valence-electron chi connectivity index (χ4n) is 2.67. The summed E-state index contributed by atoms with van der Waals surface area (Å²) >= 11 is 0. The number of carbonyl (C=O) groups is 1. The molecule has 0 aliphatic heterocycles. The van der Waals surface area contributed by atoms with Gasteiger partial charge in [0.2, 0.25) is 0 Å². The van der Waals surface area contributed by atoms with Crippen LogP contribution >= 0.6 is 0 Å². The van der Waals surface area contributed by atoms with Crippen molar-refractivity contribution in [2.24, 2.45) is 5.92 Å². The monoisotopic (exact) mass is 345 g/mol. The van der Waals surface area contributed by atoms with Crippen LogP contribution in [0.4, 0.5) is 4.39 Å². The van der Waals surface area contributed by atoms with Crippen LogP contribution in [0, 0.1) is 18.7 Å². The van der Waals surface area contributed by atoms with Crippen LogP contribution in [0.3, 0.4) is 0 Å². The minimum absolute atomic E-state index is 0.0654. The molecule has 1 atom stereocenters. The summed E-state index contributed by atoms with van der Waals surface area (Å²) in [4.78, 5) is 14.3. The summed E-state index contributed by atoms with van der Waals surface area (Å²) in [7, 11) is 0. The van der Waals surface area contributed by atoms with Gasteiger partial charge in [0.25, 0.3) is 5.91 Å². The molecule has 0 fully saturated rings. The highest BCUT2D eigenvalue weighted by Crippen LogP contribution is 2.23. The number of carbonyl (C=O) groups excluding carboxylic acids is 1. The first-order valence-corrected chi connectivity index (χ1v) is 8.30. The van der Waals surface area contributed by atoms with Crippen molar-refractivity contribution in [2.45, 2.75) is 26.9 Å². The third-order valence-corrected chi connectivity index (χ3v) is 3.90. The van der Waals surface area contributed by atoms with Gasteiger partial charge in [-0.25, -0.2) is 4.39 Å². The number of aliphatic hydroxyl groups excluding tert-OH is 1. The smallest absolute Gasteiger partial charge is 0.257 e. The van der Waals surface area contributed by atoms with Crippen LogP contribution in [0.1, 0.15) is 41.4 Å². The highest BCUT2D eigenvalue weighted by Gasteiger charge is 2.23. The molecule has 0 saturated carbocycles. The molecule has 0 aliphatic carbocycles. The first-order chi connectivity index (χ1) is 11.8. The summed E-state index contributed by atoms with van der Waals surface area (Å²) in [6, 6.07) is 10.4. The number of aliphatic hydroxyl groups is 1. The summed E-state index contributed by atoms with van der Waals surface area (Å²) in [6.45, 7) is 6.28. The molecule has 0 radical (unpaired) electrons. The number of phenols is 1. The Balaban J connectivity index is 2.22. The molecule has 0 heterocycles. The number of aryl methyl sites for hydroxylation is 1. The van der Waals surface area contributed by atoms with E-state index in [4.69, 9.17) is 0 Å². The minimum Gasteiger partial charge on any atom is -0.507 e. The molecule has 2 N–H and O–H groups in total. The van der Waals surface area contributed by atoms with Crippen LogP contribution in [-0.4, -0.2) is 34.1 Å². The highest BCUT2D eigenvalue weighted by atomic mass is 19.1. The van der Waals surface area contributed by atoms with Gasteiger partial charge in [-0.2, -0.15) is 0 Å². The SMILES string of the molecule is Cc1ccc(C(=O)N(CC(C)C)CC(O)c2ccc(F)cc2)c(O)c1. The van der Waals surface area contributed by atoms with E-state index in [2.05, 4.69) is 0 Å². The van der Waals surface area contributed by atoms with Crippen LogP contribution in [0.2, 0.25) is 0 Å². The number of phenolic OH excluding ortho intramolecular Hbond substituents is 1. The lowest BCUT2D eigenvalue weighted by molar-refractivity contribution is 0.0591. The van der Waals surface area contributed by atoms with E-state index < -0.39 is 6.10 Å². The number of benzene rings is 2. The maximum absolute atomic E-state index is 13.0. The Morgan fingerprint density at radius 1 is 1.12 bits per heavy atom. The van der Waals surface area contributed by atoms with Gasteiger partial charge in [-0.05, 0) is 48.2 Å². The molecule has 0 bridgehead atoms. The van der Waals surface area contributed by atoms with Crippen molar-refractivity contribution in [3.8, 4) is 5.75 Å². The normalized spacial score (nSPS) is 12.2. The largest absolute Gasteiger partial charge is 0.507 e. The van der Waals surface area contributed by atoms with Gasteiger partial charge in [0.05, 0.1) is 18.2 Å². The molecule has 25 heavy (non-hydrogen) atoms. The van der Waals surface area contributed by atoms with E-state index in [1.54, 1.807) is 12.1 Å². The van der Waals surface area contributed by atoms with Crippen molar-refractivity contribution in [1.29, 1.82) is 0 Å². The summed E-state index contributed by atoms with van der Waals surface area (Å²) in [5.74, 6) is -0.602. The maximum atomic E-state index is 13.0. The Labute approximate surface area is 147 Å². The van der Waals surface area contributed by atoms with Gasteiger partial charge in [-0.3, -0.25) is 4.79 Å². The van der Waals surface area contributed by atoms with Gasteiger partial charge in [0.1, 0.15) is 11.6 Å². The summed E-state index contributed by atoms with van der Waals surface area (Å²) in [5.41, 5.74) is 1.60. The third-order valence-electron chi connectivity index (χ3n) is 3.90. The molecule has 0 saturated heterocycles. The third kappa shape index (κ3) is 5.03. The Bertz CT molecular complexity index is 728. The summed E-state index contributed by atoms with van der Waals surface area (Å²) < 4.78 is 13.0. The Hall–Kier alpha value is -2.40. The zero-order valence-corrected chi connectivity index (χ0v) is 14.7. The molecule has 2 aromatic carbocycles. The van der Waals surface area contributed by atoms with E-state index in [-0.39, 0.29) is 35.5 Å². The van der Waals surface area contributed by atoms with Gasteiger partial charge in [0, 0.05) is 6.54 Å². The van der Waals surface area contributed by atoms with Crippen molar-refractivity contribution < 1.29 is 19.4 Å². The Kier molecular flexibility index (Phi) is 6.15. The minimum atomic E-state index is -0.934. The van der Waals surface area contributed by atoms with Crippen molar-refractivity contribution in [3.63, 3.8) is 0 Å². The first-order valence-electron chi connectivity index (χ1n) is 8.30. The molecular formula is C20H24FNO3. The fourth-order valence-corrected chi connectivity index (χ4v) is 2.67. The Morgan fingerprint density at radius 2 is 1.76 bits per heavy atom. The lowest BCUT2D eigenvalue weighted by Crippen LogP contribution is -2.37. The second-order valence-electron chi connectivity index (χ2n) is 6.69. The summed E-state index contributed by atoms with van der Waals surface area (Å²) in [6.07, 6.45) is -0.934. The lowest BCUT2D eigenvalue weighted by atomic mass is 10.1. The van der Waals surface area contributed by atoms with Gasteiger partial charge < -0.3 is 15.1 Å². The van der Waals surface area contributed by atoms with E-state index in [1.807, 2.05) is 20.8 Å². The molecule has 2 aromatic rings. The number of halogens is 1. The van der Waals surface area contributed by atoms with E-state index >= 15 is 0 Å². The predicted molar refractivity (Wildman–Crippen MR) is 94.9 cm³/mol. The van der Waals surface area contributed by atoms with Gasteiger partial charge in [-0.15, -0.1) is 0 Å². The average molecular weight is 345 g/mol. The van der Waals surface area contributed by atoms with Crippen LogP contribution in [0.25, 0.3) is 0 Å². The molecular weight excluding hydrogens is 321 g/mol. The Morgan fingerprint density at radius 3 is 2.32 bits per heavy atom. The van der Waals surface area contributed by atoms with Crippen LogP contribution in [-0.2, 0) is 0 Å². The van der Waals surface area contributed by atoms with Crippen molar-refractivity contribution in [3.05, 3.63) is 65.0 Å². The maximum Gasteiger partial charge on any atom is 0.257 e. The number of aromatic hydroxyl groups is 1. The quantitative estimate of drug-likeness (QED) is 0.840. The van der Waals surface area contributed by atoms with Crippen LogP contribution < -0.4 is 0 Å². The second kappa shape index (κ2) is 8.12. The molecule has 4 nitrogen and oxygen atoms in total. The van der Waals surface area contributed by atoms with Crippen molar-refractivity contribution in [1.82, 2.24) is 4.90 Å². The van der Waals surface area contributed by atoms with Gasteiger partial charge in [-0.1, -0.05) is 32.0 Å². The number of hydrogen-bond acceptors (Lipinski definition) is 3. The fraction of sp³-hybridized carbons (Fsp3) is 0.350. The number of amides is 1. The molecule has 134 valence electrons. The van der Waals surface area contributed by atoms with E-state index in [0.29, 0.717) is 12.1 Å². The molecule has 5 heteroatoms. The number of hydrogen-bond donors (Lipinski definition) is 2. The van der Waals surface area contributed by atoms with E-state index in [1.165, 1.54) is 35.2 Å². The number of nitrogens with zero attached hydrogens (tertiary/aromatic N) is 1. The zero-order valence-electron chi connectivity index (χ0n) is 14.7. The van der Waals surface area contributed by atoms with E-state index in [9.17, 15) is 19.4 Å². The lowest BCUT2D eigenvalue weighted by Gasteiger charge is -2.27. The zero-order chi connectivity index (χ0) is 18.6. The molecule has 0 aliphatic rings. The van der Waals surface area contributed by atoms with Crippen LogP contribution in [0.5, 0.6) is 5.75 Å².